The molecule has 0 saturated heterocycles. The number of hydrogen-bond acceptors (Lipinski definition) is 1. The van der Waals surface area contributed by atoms with Gasteiger partial charge >= 0.3 is 0 Å². The molecule has 52 valence electrons. The van der Waals surface area contributed by atoms with Gasteiger partial charge in [-0.2, -0.15) is 0 Å². The monoisotopic (exact) mass is 177 g/mol. The number of para-hydroxylation sites is 1. The normalized spacial score (nSPS) is 9.09. The van der Waals surface area contributed by atoms with Crippen molar-refractivity contribution in [3.63, 3.8) is 0 Å². The zero-order chi connectivity index (χ0) is 6.81. The Labute approximate surface area is 80.3 Å². The van der Waals surface area contributed by atoms with E-state index in [1.165, 1.54) is 5.39 Å². The molecule has 0 aliphatic carbocycles. The summed E-state index contributed by atoms with van der Waals surface area (Å²) in [7, 11) is 0. The molecule has 0 aliphatic rings. The van der Waals surface area contributed by atoms with Gasteiger partial charge in [-0.3, -0.25) is 4.98 Å². The number of hydrogen-bond donors (Lipinski definition) is 0. The first-order valence-corrected chi connectivity index (χ1v) is 3.26. The van der Waals surface area contributed by atoms with Gasteiger partial charge in [-0.1, -0.05) is 24.3 Å². The predicted molar refractivity (Wildman–Crippen MR) is 41.7 cm³/mol. The Bertz CT molecular complexity index is 281. The molecule has 0 fully saturated rings. The summed E-state index contributed by atoms with van der Waals surface area (Å²) >= 11 is 0. The van der Waals surface area contributed by atoms with E-state index in [2.05, 4.69) is 17.1 Å². The van der Waals surface area contributed by atoms with E-state index in [1.54, 1.807) is 0 Å². The summed E-state index contributed by atoms with van der Waals surface area (Å²) in [4.78, 5) is 4.18. The van der Waals surface area contributed by atoms with Crippen LogP contribution < -0.4 is 0 Å². The molecule has 2 rings (SSSR count). The Morgan fingerprint density at radius 1 is 0.909 bits per heavy atom. The minimum absolute atomic E-state index is 0. The minimum Gasteiger partial charge on any atom is -0.256 e. The van der Waals surface area contributed by atoms with E-state index in [-0.39, 0.29) is 21.7 Å². The van der Waals surface area contributed by atoms with Crippen molar-refractivity contribution in [1.29, 1.82) is 0 Å². The Kier molecular flexibility index (Phi) is 2.80. The molecule has 1 aromatic heterocycles. The average molecular weight is 177 g/mol. The van der Waals surface area contributed by atoms with E-state index in [0.29, 0.717) is 0 Å². The first-order chi connectivity index (χ1) is 4.97. The van der Waals surface area contributed by atoms with Gasteiger partial charge in [-0.25, -0.2) is 0 Å². The van der Waals surface area contributed by atoms with Gasteiger partial charge in [0.05, 0.1) is 5.52 Å². The van der Waals surface area contributed by atoms with Crippen molar-refractivity contribution in [3.05, 3.63) is 42.6 Å². The van der Waals surface area contributed by atoms with Gasteiger partial charge in [0.1, 0.15) is 0 Å². The Balaban J connectivity index is 0.000000605. The molecule has 0 spiro atoms. The summed E-state index contributed by atoms with van der Waals surface area (Å²) in [6.07, 6.45) is 1.81. The van der Waals surface area contributed by atoms with E-state index in [9.17, 15) is 0 Å². The molecule has 0 saturated carbocycles. The van der Waals surface area contributed by atoms with Gasteiger partial charge in [0.2, 0.25) is 0 Å². The van der Waals surface area contributed by atoms with Crippen LogP contribution in [0.15, 0.2) is 42.6 Å². The second kappa shape index (κ2) is 3.65. The molecule has 0 amide bonds. The van der Waals surface area contributed by atoms with E-state index < -0.39 is 0 Å². The number of aromatic nitrogens is 1. The zero-order valence-corrected chi connectivity index (χ0v) is 7.55. The maximum Gasteiger partial charge on any atom is 0.0701 e. The van der Waals surface area contributed by atoms with E-state index in [0.717, 1.165) is 5.52 Å². The van der Waals surface area contributed by atoms with Crippen molar-refractivity contribution in [3.8, 4) is 0 Å². The predicted octanol–water partition coefficient (Wildman–Crippen LogP) is 2.23. The van der Waals surface area contributed by atoms with E-state index in [1.807, 2.05) is 30.5 Å². The molecule has 1 nitrogen and oxygen atoms in total. The largest absolute Gasteiger partial charge is 0.256 e. The summed E-state index contributed by atoms with van der Waals surface area (Å²) < 4.78 is 0. The van der Waals surface area contributed by atoms with Gasteiger partial charge in [0, 0.05) is 33.3 Å². The van der Waals surface area contributed by atoms with Crippen LogP contribution in [0.5, 0.6) is 0 Å². The maximum absolute atomic E-state index is 4.18. The number of rotatable bonds is 0. The quantitative estimate of drug-likeness (QED) is 0.562. The van der Waals surface area contributed by atoms with Gasteiger partial charge in [-0.05, 0) is 12.1 Å². The second-order valence-corrected chi connectivity index (χ2v) is 2.20. The van der Waals surface area contributed by atoms with Gasteiger partial charge in [-0.15, -0.1) is 0 Å². The molecule has 0 radical (unpaired) electrons. The number of pyridine rings is 1. The molecule has 0 N–H and O–H groups in total. The van der Waals surface area contributed by atoms with Crippen LogP contribution in [0.2, 0.25) is 0 Å². The van der Waals surface area contributed by atoms with Crippen LogP contribution >= 0.6 is 0 Å². The second-order valence-electron chi connectivity index (χ2n) is 2.20. The van der Waals surface area contributed by atoms with Crippen LogP contribution in [0.1, 0.15) is 0 Å². The molecule has 0 aliphatic heterocycles. The zero-order valence-electron chi connectivity index (χ0n) is 5.99. The number of nitrogens with zero attached hydrogens (tertiary/aromatic N) is 1. The summed E-state index contributed by atoms with van der Waals surface area (Å²) in [5, 5.41) is 1.20. The Morgan fingerprint density at radius 2 is 1.64 bits per heavy atom. The van der Waals surface area contributed by atoms with Crippen molar-refractivity contribution in [2.45, 2.75) is 0 Å². The third-order valence-corrected chi connectivity index (χ3v) is 1.51. The van der Waals surface area contributed by atoms with Crippen LogP contribution in [0.25, 0.3) is 10.9 Å². The number of benzene rings is 1. The van der Waals surface area contributed by atoms with E-state index >= 15 is 0 Å². The Morgan fingerprint density at radius 3 is 2.45 bits per heavy atom. The molecular formula is C9H7NTi. The summed E-state index contributed by atoms with van der Waals surface area (Å²) in [6.45, 7) is 0. The van der Waals surface area contributed by atoms with E-state index in [4.69, 9.17) is 0 Å². The molecule has 2 heteroatoms. The summed E-state index contributed by atoms with van der Waals surface area (Å²) in [6, 6.07) is 12.1. The standard InChI is InChI=1S/C9H7N.Ti/c1-2-6-9-8(4-1)5-3-7-10-9;/h1-7H;. The van der Waals surface area contributed by atoms with Crippen LogP contribution in [0, 0.1) is 0 Å². The van der Waals surface area contributed by atoms with Crippen molar-refractivity contribution in [2.75, 3.05) is 0 Å². The molecule has 0 bridgehead atoms. The van der Waals surface area contributed by atoms with Crippen LogP contribution in [-0.2, 0) is 21.7 Å². The maximum atomic E-state index is 4.18. The fourth-order valence-electron chi connectivity index (χ4n) is 1.02. The van der Waals surface area contributed by atoms with Crippen LogP contribution in [-0.4, -0.2) is 4.98 Å². The SMILES string of the molecule is [Ti].c1ccc2ncccc2c1. The first-order valence-electron chi connectivity index (χ1n) is 3.26. The Hall–Kier alpha value is -0.656. The molecule has 11 heavy (non-hydrogen) atoms. The van der Waals surface area contributed by atoms with Crippen molar-refractivity contribution in [2.24, 2.45) is 0 Å². The molecule has 1 aromatic carbocycles. The number of fused-ring (bicyclic) bond motifs is 1. The topological polar surface area (TPSA) is 12.9 Å². The third-order valence-electron chi connectivity index (χ3n) is 1.51. The molecular weight excluding hydrogens is 170 g/mol. The third kappa shape index (κ3) is 1.68. The van der Waals surface area contributed by atoms with Gasteiger partial charge < -0.3 is 0 Å². The average Bonchev–Trinajstić information content (AvgIpc) is 2.05. The van der Waals surface area contributed by atoms with Crippen LogP contribution in [0.4, 0.5) is 0 Å². The van der Waals surface area contributed by atoms with Crippen LogP contribution in [0.3, 0.4) is 0 Å². The fraction of sp³-hybridized carbons (Fsp3) is 0. The molecule has 2 aromatic rings. The smallest absolute Gasteiger partial charge is 0.0701 e. The fourth-order valence-corrected chi connectivity index (χ4v) is 1.02. The van der Waals surface area contributed by atoms with Gasteiger partial charge in [0.25, 0.3) is 0 Å². The molecule has 0 unspecified atom stereocenters. The van der Waals surface area contributed by atoms with Crippen molar-refractivity contribution < 1.29 is 21.7 Å². The minimum atomic E-state index is 0. The summed E-state index contributed by atoms with van der Waals surface area (Å²) in [5.41, 5.74) is 1.06. The van der Waals surface area contributed by atoms with Crippen molar-refractivity contribution in [1.82, 2.24) is 4.98 Å². The summed E-state index contributed by atoms with van der Waals surface area (Å²) in [5.74, 6) is 0. The van der Waals surface area contributed by atoms with Gasteiger partial charge in [0.15, 0.2) is 0 Å². The molecule has 0 atom stereocenters. The molecule has 1 heterocycles. The van der Waals surface area contributed by atoms with Crippen molar-refractivity contribution >= 4 is 10.9 Å². The first kappa shape index (κ1) is 8.44.